The Morgan fingerprint density at radius 2 is 2.29 bits per heavy atom. The largest absolute Gasteiger partial charge is 1.00 e. The third kappa shape index (κ3) is 1.67. The van der Waals surface area contributed by atoms with E-state index >= 15 is 0 Å². The van der Waals surface area contributed by atoms with E-state index in [2.05, 4.69) is 0 Å². The van der Waals surface area contributed by atoms with Gasteiger partial charge in [-0.1, -0.05) is 0 Å². The Hall–Kier alpha value is -0.170. The summed E-state index contributed by atoms with van der Waals surface area (Å²) in [4.78, 5) is 22.9. The number of hydrogen-bond acceptors (Lipinski definition) is 5. The minimum Gasteiger partial charge on any atom is -0.543 e. The zero-order valence-corrected chi connectivity index (χ0v) is 10.5. The molecular formula is C7H7N2NaO3S. The molecule has 1 amide bonds. The second-order valence-electron chi connectivity index (χ2n) is 2.89. The van der Waals surface area contributed by atoms with E-state index in [1.165, 1.54) is 16.7 Å². The zero-order chi connectivity index (χ0) is 9.59. The van der Waals surface area contributed by atoms with Gasteiger partial charge in [0.05, 0.1) is 23.5 Å². The van der Waals surface area contributed by atoms with Crippen LogP contribution in [0.3, 0.4) is 0 Å². The third-order valence-electron chi connectivity index (χ3n) is 2.08. The molecule has 0 radical (unpaired) electrons. The van der Waals surface area contributed by atoms with Crippen molar-refractivity contribution in [3.05, 3.63) is 11.4 Å². The van der Waals surface area contributed by atoms with E-state index in [9.17, 15) is 14.7 Å². The fraction of sp³-hybridized carbons (Fsp3) is 0.429. The van der Waals surface area contributed by atoms with Crippen LogP contribution < -0.4 is 40.4 Å². The number of carboxylic acid groups (broad SMARTS) is 1. The summed E-state index contributed by atoms with van der Waals surface area (Å²) in [5.41, 5.74) is 5.55. The molecule has 0 aromatic rings. The summed E-state index contributed by atoms with van der Waals surface area (Å²) in [5, 5.41) is 10.6. The number of amides is 1. The Morgan fingerprint density at radius 3 is 2.71 bits per heavy atom. The van der Waals surface area contributed by atoms with E-state index in [-0.39, 0.29) is 52.2 Å². The quantitative estimate of drug-likeness (QED) is 0.355. The molecule has 1 atom stereocenters. The summed E-state index contributed by atoms with van der Waals surface area (Å²) in [7, 11) is 0. The molecule has 0 spiro atoms. The number of rotatable bonds is 1. The standard InChI is InChI=1S/C7H8N2O3S.Na/c8-3-2-13-5-1-4(10)9(5)6(3)7(11)12;/h5H,1-2,8H2,(H,11,12);/q;+1/p-1. The van der Waals surface area contributed by atoms with E-state index in [0.29, 0.717) is 12.2 Å². The van der Waals surface area contributed by atoms with Crippen molar-refractivity contribution >= 4 is 23.6 Å². The number of nitrogens with two attached hydrogens (primary N) is 1. The molecular weight excluding hydrogens is 215 g/mol. The van der Waals surface area contributed by atoms with E-state index in [1.54, 1.807) is 0 Å². The summed E-state index contributed by atoms with van der Waals surface area (Å²) in [6.45, 7) is 0. The van der Waals surface area contributed by atoms with Gasteiger partial charge < -0.3 is 15.6 Å². The molecule has 0 aromatic carbocycles. The Balaban J connectivity index is 0.000000980. The number of aliphatic carboxylic acids is 1. The van der Waals surface area contributed by atoms with Gasteiger partial charge in [-0.05, 0) is 0 Å². The maximum atomic E-state index is 11.1. The van der Waals surface area contributed by atoms with Crippen molar-refractivity contribution in [3.8, 4) is 0 Å². The maximum Gasteiger partial charge on any atom is 1.00 e. The molecule has 1 unspecified atom stereocenters. The first kappa shape index (κ1) is 11.9. The van der Waals surface area contributed by atoms with Gasteiger partial charge in [-0.2, -0.15) is 0 Å². The van der Waals surface area contributed by atoms with E-state index in [0.717, 1.165) is 0 Å². The molecule has 2 N–H and O–H groups in total. The summed E-state index contributed by atoms with van der Waals surface area (Å²) >= 11 is 1.48. The molecule has 2 rings (SSSR count). The molecule has 2 heterocycles. The molecule has 1 saturated heterocycles. The number of thioether (sulfide) groups is 1. The Kier molecular flexibility index (Phi) is 3.52. The van der Waals surface area contributed by atoms with Crippen LogP contribution in [0.15, 0.2) is 11.4 Å². The van der Waals surface area contributed by atoms with Gasteiger partial charge in [0.25, 0.3) is 0 Å². The van der Waals surface area contributed by atoms with Crippen molar-refractivity contribution in [3.63, 3.8) is 0 Å². The molecule has 0 saturated carbocycles. The fourth-order valence-corrected chi connectivity index (χ4v) is 2.57. The second-order valence-corrected chi connectivity index (χ2v) is 4.06. The molecule has 14 heavy (non-hydrogen) atoms. The zero-order valence-electron chi connectivity index (χ0n) is 7.65. The van der Waals surface area contributed by atoms with Crippen molar-refractivity contribution in [2.24, 2.45) is 5.73 Å². The first-order valence-electron chi connectivity index (χ1n) is 3.75. The van der Waals surface area contributed by atoms with Crippen LogP contribution in [-0.2, 0) is 9.59 Å². The van der Waals surface area contributed by atoms with Crippen molar-refractivity contribution < 1.29 is 44.3 Å². The number of carbonyl (C=O) groups excluding carboxylic acids is 2. The van der Waals surface area contributed by atoms with Crippen molar-refractivity contribution in [2.45, 2.75) is 11.8 Å². The molecule has 5 nitrogen and oxygen atoms in total. The molecule has 7 heteroatoms. The van der Waals surface area contributed by atoms with Gasteiger partial charge in [0.15, 0.2) is 0 Å². The van der Waals surface area contributed by atoms with E-state index in [4.69, 9.17) is 5.73 Å². The summed E-state index contributed by atoms with van der Waals surface area (Å²) in [6, 6.07) is 0. The predicted octanol–water partition coefficient (Wildman–Crippen LogP) is -4.78. The molecule has 2 aliphatic heterocycles. The molecule has 70 valence electrons. The van der Waals surface area contributed by atoms with Gasteiger partial charge >= 0.3 is 29.6 Å². The van der Waals surface area contributed by atoms with E-state index in [1.807, 2.05) is 0 Å². The van der Waals surface area contributed by atoms with Crippen LogP contribution in [0.2, 0.25) is 0 Å². The van der Waals surface area contributed by atoms with Gasteiger partial charge in [-0.3, -0.25) is 9.69 Å². The van der Waals surface area contributed by atoms with Crippen LogP contribution in [0.4, 0.5) is 0 Å². The van der Waals surface area contributed by atoms with Gasteiger partial charge in [-0.15, -0.1) is 11.8 Å². The fourth-order valence-electron chi connectivity index (χ4n) is 1.43. The molecule has 2 aliphatic rings. The first-order valence-corrected chi connectivity index (χ1v) is 4.79. The van der Waals surface area contributed by atoms with Gasteiger partial charge in [0, 0.05) is 11.4 Å². The molecule has 1 fully saturated rings. The Labute approximate surface area is 107 Å². The van der Waals surface area contributed by atoms with Crippen LogP contribution in [-0.4, -0.2) is 27.9 Å². The molecule has 0 aliphatic carbocycles. The topological polar surface area (TPSA) is 86.5 Å². The summed E-state index contributed by atoms with van der Waals surface area (Å²) in [6.07, 6.45) is 0.398. The maximum absolute atomic E-state index is 11.1. The number of carboxylic acids is 1. The van der Waals surface area contributed by atoms with E-state index < -0.39 is 5.97 Å². The number of carbonyl (C=O) groups is 2. The number of nitrogens with zero attached hydrogens (tertiary/aromatic N) is 1. The van der Waals surface area contributed by atoms with Crippen LogP contribution >= 0.6 is 11.8 Å². The van der Waals surface area contributed by atoms with Crippen LogP contribution in [0.25, 0.3) is 0 Å². The van der Waals surface area contributed by atoms with Crippen molar-refractivity contribution in [1.29, 1.82) is 0 Å². The van der Waals surface area contributed by atoms with Crippen molar-refractivity contribution in [2.75, 3.05) is 5.75 Å². The average molecular weight is 222 g/mol. The van der Waals surface area contributed by atoms with Crippen LogP contribution in [0, 0.1) is 0 Å². The predicted molar refractivity (Wildman–Crippen MR) is 43.9 cm³/mol. The smallest absolute Gasteiger partial charge is 0.543 e. The normalized spacial score (nSPS) is 25.0. The number of hydrogen-bond donors (Lipinski definition) is 1. The first-order chi connectivity index (χ1) is 6.11. The summed E-state index contributed by atoms with van der Waals surface area (Å²) in [5.74, 6) is -1.10. The number of β-lactam (4-membered cyclic amide) rings is 1. The second kappa shape index (κ2) is 4.14. The SMILES string of the molecule is NC1=C(C(=O)[O-])N2C(=O)CC2SC1.[Na+]. The van der Waals surface area contributed by atoms with Gasteiger partial charge in [0.2, 0.25) is 5.91 Å². The monoisotopic (exact) mass is 222 g/mol. The van der Waals surface area contributed by atoms with Crippen LogP contribution in [0.1, 0.15) is 6.42 Å². The molecule has 0 aromatic heterocycles. The Bertz CT molecular complexity index is 331. The number of fused-ring (bicyclic) bond motifs is 1. The minimum absolute atomic E-state index is 0. The Morgan fingerprint density at radius 1 is 1.64 bits per heavy atom. The minimum atomic E-state index is -1.36. The van der Waals surface area contributed by atoms with Gasteiger partial charge in [-0.25, -0.2) is 0 Å². The summed E-state index contributed by atoms with van der Waals surface area (Å²) < 4.78 is 0. The van der Waals surface area contributed by atoms with Crippen LogP contribution in [0.5, 0.6) is 0 Å². The van der Waals surface area contributed by atoms with Gasteiger partial charge in [0.1, 0.15) is 0 Å². The average Bonchev–Trinajstić information content (AvgIpc) is 2.05. The van der Waals surface area contributed by atoms with Crippen molar-refractivity contribution in [1.82, 2.24) is 4.90 Å². The third-order valence-corrected chi connectivity index (χ3v) is 3.32. The molecule has 0 bridgehead atoms.